The molecule has 1 aromatic rings. The maximum Gasteiger partial charge on any atom is 0.357 e. The van der Waals surface area contributed by atoms with Crippen molar-refractivity contribution in [1.82, 2.24) is 0 Å². The van der Waals surface area contributed by atoms with Gasteiger partial charge in [-0.05, 0) is 18.5 Å². The van der Waals surface area contributed by atoms with Crippen molar-refractivity contribution in [2.75, 3.05) is 13.7 Å². The van der Waals surface area contributed by atoms with E-state index in [4.69, 9.17) is 13.6 Å². The Kier molecular flexibility index (Phi) is 6.33. The van der Waals surface area contributed by atoms with Gasteiger partial charge in [-0.2, -0.15) is 0 Å². The van der Waals surface area contributed by atoms with Crippen LogP contribution in [0.1, 0.15) is 20.3 Å². The lowest BCUT2D eigenvalue weighted by molar-refractivity contribution is -0.0525. The Balaban J connectivity index is 2.63. The van der Waals surface area contributed by atoms with Gasteiger partial charge in [0.2, 0.25) is 0 Å². The van der Waals surface area contributed by atoms with E-state index in [2.05, 4.69) is 19.1 Å². The number of methoxy groups -OCH3 is 1. The van der Waals surface area contributed by atoms with Crippen LogP contribution in [0.2, 0.25) is 0 Å². The molecule has 2 unspecified atom stereocenters. The highest BCUT2D eigenvalue weighted by atomic mass is 28.3. The molecule has 90 valence electrons. The van der Waals surface area contributed by atoms with E-state index in [1.807, 2.05) is 25.1 Å². The van der Waals surface area contributed by atoms with Gasteiger partial charge in [0.05, 0.1) is 0 Å². The first kappa shape index (κ1) is 13.4. The molecule has 0 fully saturated rings. The highest BCUT2D eigenvalue weighted by molar-refractivity contribution is 6.61. The van der Waals surface area contributed by atoms with Crippen LogP contribution in [0.15, 0.2) is 30.3 Å². The first-order valence-electron chi connectivity index (χ1n) is 5.62. The summed E-state index contributed by atoms with van der Waals surface area (Å²) in [5, 5.41) is 1.15. The lowest BCUT2D eigenvalue weighted by atomic mass is 10.4. The van der Waals surface area contributed by atoms with Gasteiger partial charge < -0.3 is 13.6 Å². The monoisotopic (exact) mass is 240 g/mol. The lowest BCUT2D eigenvalue weighted by Crippen LogP contribution is -2.40. The second-order valence-electron chi connectivity index (χ2n) is 3.55. The third kappa shape index (κ3) is 4.45. The quantitative estimate of drug-likeness (QED) is 0.534. The van der Waals surface area contributed by atoms with Gasteiger partial charge in [-0.1, -0.05) is 37.3 Å². The first-order valence-corrected chi connectivity index (χ1v) is 7.14. The van der Waals surface area contributed by atoms with Crippen molar-refractivity contribution in [3.63, 3.8) is 0 Å². The largest absolute Gasteiger partial charge is 0.393 e. The Bertz CT molecular complexity index is 279. The van der Waals surface area contributed by atoms with Crippen LogP contribution in [-0.4, -0.2) is 29.3 Å². The summed E-state index contributed by atoms with van der Waals surface area (Å²) < 4.78 is 16.7. The van der Waals surface area contributed by atoms with Crippen LogP contribution >= 0.6 is 0 Å². The van der Waals surface area contributed by atoms with Crippen molar-refractivity contribution in [1.29, 1.82) is 0 Å². The molecule has 0 saturated heterocycles. The average molecular weight is 240 g/mol. The summed E-state index contributed by atoms with van der Waals surface area (Å²) in [4.78, 5) is 0. The van der Waals surface area contributed by atoms with E-state index in [0.29, 0.717) is 0 Å². The van der Waals surface area contributed by atoms with E-state index in [1.165, 1.54) is 0 Å². The van der Waals surface area contributed by atoms with Gasteiger partial charge in [-0.15, -0.1) is 0 Å². The van der Waals surface area contributed by atoms with E-state index in [-0.39, 0.29) is 6.29 Å². The van der Waals surface area contributed by atoms with Crippen molar-refractivity contribution in [3.8, 4) is 0 Å². The second-order valence-corrected chi connectivity index (χ2v) is 5.49. The van der Waals surface area contributed by atoms with Crippen LogP contribution in [0.3, 0.4) is 0 Å². The van der Waals surface area contributed by atoms with Crippen LogP contribution < -0.4 is 5.19 Å². The first-order chi connectivity index (χ1) is 7.77. The molecule has 0 aliphatic heterocycles. The van der Waals surface area contributed by atoms with Crippen LogP contribution in [0.25, 0.3) is 0 Å². The molecule has 0 N–H and O–H groups in total. The van der Waals surface area contributed by atoms with Gasteiger partial charge in [-0.3, -0.25) is 0 Å². The van der Waals surface area contributed by atoms with Gasteiger partial charge in [0.15, 0.2) is 0 Å². The summed E-state index contributed by atoms with van der Waals surface area (Å²) in [6.07, 6.45) is 0.787. The van der Waals surface area contributed by atoms with Crippen LogP contribution in [0.5, 0.6) is 0 Å². The molecule has 3 nitrogen and oxygen atoms in total. The summed E-state index contributed by atoms with van der Waals surface area (Å²) >= 11 is 0. The summed E-state index contributed by atoms with van der Waals surface area (Å²) in [6, 6.07) is 10.1. The third-order valence-electron chi connectivity index (χ3n) is 2.19. The Morgan fingerprint density at radius 3 is 2.50 bits per heavy atom. The molecular weight excluding hydrogens is 220 g/mol. The van der Waals surface area contributed by atoms with Crippen LogP contribution in [0.4, 0.5) is 0 Å². The fraction of sp³-hybridized carbons (Fsp3) is 0.500. The minimum Gasteiger partial charge on any atom is -0.393 e. The molecule has 0 heterocycles. The Morgan fingerprint density at radius 2 is 1.94 bits per heavy atom. The molecule has 0 amide bonds. The zero-order valence-electron chi connectivity index (χ0n) is 10.2. The summed E-state index contributed by atoms with van der Waals surface area (Å²) in [5.41, 5.74) is 0. The molecule has 0 aliphatic rings. The summed E-state index contributed by atoms with van der Waals surface area (Å²) in [7, 11) is -0.170. The lowest BCUT2D eigenvalue weighted by Gasteiger charge is -2.20. The number of hydrogen-bond acceptors (Lipinski definition) is 3. The molecule has 16 heavy (non-hydrogen) atoms. The van der Waals surface area contributed by atoms with Crippen molar-refractivity contribution in [2.45, 2.75) is 26.6 Å². The minimum absolute atomic E-state index is 0.214. The van der Waals surface area contributed by atoms with E-state index in [1.54, 1.807) is 7.11 Å². The molecule has 0 bridgehead atoms. The molecule has 4 heteroatoms. The molecule has 0 aromatic heterocycles. The van der Waals surface area contributed by atoms with Gasteiger partial charge in [0.1, 0.15) is 6.29 Å². The highest BCUT2D eigenvalue weighted by Crippen LogP contribution is 2.00. The smallest absolute Gasteiger partial charge is 0.357 e. The standard InChI is InChI=1S/C12H20O3Si/c1-4-10-14-16(15-11(2)13-3)12-8-6-5-7-9-12/h5-9,11,16H,4,10H2,1-3H3. The molecule has 2 atom stereocenters. The maximum absolute atomic E-state index is 5.79. The molecular formula is C12H20O3Si. The number of rotatable bonds is 7. The molecule has 0 radical (unpaired) electrons. The fourth-order valence-electron chi connectivity index (χ4n) is 1.28. The minimum atomic E-state index is -1.81. The normalized spacial score (nSPS) is 14.7. The van der Waals surface area contributed by atoms with E-state index >= 15 is 0 Å². The highest BCUT2D eigenvalue weighted by Gasteiger charge is 2.18. The van der Waals surface area contributed by atoms with Gasteiger partial charge in [0.25, 0.3) is 0 Å². The predicted molar refractivity (Wildman–Crippen MR) is 67.0 cm³/mol. The molecule has 0 spiro atoms. The summed E-state index contributed by atoms with van der Waals surface area (Å²) in [6.45, 7) is 4.72. The summed E-state index contributed by atoms with van der Waals surface area (Å²) in [5.74, 6) is 0. The Hall–Kier alpha value is -0.683. The SMILES string of the molecule is CCCO[SiH](OC(C)OC)c1ccccc1. The average Bonchev–Trinajstić information content (AvgIpc) is 2.35. The maximum atomic E-state index is 5.79. The van der Waals surface area contributed by atoms with Crippen LogP contribution in [-0.2, 0) is 13.6 Å². The Morgan fingerprint density at radius 1 is 1.25 bits per heavy atom. The fourth-order valence-corrected chi connectivity index (χ4v) is 3.15. The van der Waals surface area contributed by atoms with Crippen LogP contribution in [0, 0.1) is 0 Å². The molecule has 0 aliphatic carbocycles. The molecule has 1 aromatic carbocycles. The van der Waals surface area contributed by atoms with E-state index < -0.39 is 9.28 Å². The zero-order valence-corrected chi connectivity index (χ0v) is 11.3. The van der Waals surface area contributed by atoms with E-state index in [0.717, 1.165) is 18.2 Å². The van der Waals surface area contributed by atoms with Crippen molar-refractivity contribution < 1.29 is 13.6 Å². The zero-order chi connectivity index (χ0) is 11.8. The van der Waals surface area contributed by atoms with Gasteiger partial charge in [0, 0.05) is 13.7 Å². The number of benzene rings is 1. The van der Waals surface area contributed by atoms with Crippen molar-refractivity contribution >= 4 is 14.5 Å². The predicted octanol–water partition coefficient (Wildman–Crippen LogP) is 1.55. The van der Waals surface area contributed by atoms with Gasteiger partial charge >= 0.3 is 9.28 Å². The second kappa shape index (κ2) is 7.57. The molecule has 0 saturated carbocycles. The number of ether oxygens (including phenoxy) is 1. The Labute approximate surface area is 99.2 Å². The third-order valence-corrected chi connectivity index (χ3v) is 4.29. The van der Waals surface area contributed by atoms with E-state index in [9.17, 15) is 0 Å². The van der Waals surface area contributed by atoms with Crippen molar-refractivity contribution in [3.05, 3.63) is 30.3 Å². The topological polar surface area (TPSA) is 27.7 Å². The molecule has 1 rings (SSSR count). The van der Waals surface area contributed by atoms with Gasteiger partial charge in [-0.25, -0.2) is 0 Å². The van der Waals surface area contributed by atoms with Crippen molar-refractivity contribution in [2.24, 2.45) is 0 Å². The number of hydrogen-bond donors (Lipinski definition) is 0.